The van der Waals surface area contributed by atoms with Crippen molar-refractivity contribution >= 4 is 34.4 Å². The number of ketones is 1. The van der Waals surface area contributed by atoms with Gasteiger partial charge in [-0.3, -0.25) is 23.9 Å². The minimum absolute atomic E-state index is 0.0412. The summed E-state index contributed by atoms with van der Waals surface area (Å²) in [5, 5.41) is 9.94. The molecule has 1 aromatic heterocycles. The van der Waals surface area contributed by atoms with Crippen molar-refractivity contribution in [2.45, 2.75) is 33.4 Å². The molecule has 0 saturated heterocycles. The molecule has 178 valence electrons. The van der Waals surface area contributed by atoms with Crippen LogP contribution in [-0.4, -0.2) is 45.9 Å². The molecule has 1 unspecified atom stereocenters. The van der Waals surface area contributed by atoms with E-state index in [1.54, 1.807) is 45.0 Å². The number of aromatic nitrogens is 2. The minimum Gasteiger partial charge on any atom is -0.368 e. The van der Waals surface area contributed by atoms with E-state index >= 15 is 0 Å². The number of carbonyl (C=O) groups is 4. The van der Waals surface area contributed by atoms with Crippen LogP contribution in [0.2, 0.25) is 0 Å². The first-order valence-electron chi connectivity index (χ1n) is 10.6. The number of halogens is 1. The molecule has 3 amide bonds. The second kappa shape index (κ2) is 9.82. The summed E-state index contributed by atoms with van der Waals surface area (Å²) in [5.74, 6) is -2.64. The van der Waals surface area contributed by atoms with E-state index in [2.05, 4.69) is 15.7 Å². The van der Waals surface area contributed by atoms with Crippen LogP contribution in [0.4, 0.5) is 4.39 Å². The molecule has 10 heteroatoms. The van der Waals surface area contributed by atoms with E-state index in [9.17, 15) is 23.6 Å². The van der Waals surface area contributed by atoms with Gasteiger partial charge in [0.25, 0.3) is 5.91 Å². The molecule has 2 aromatic carbocycles. The first-order chi connectivity index (χ1) is 16.0. The average molecular weight is 468 g/mol. The molecule has 0 bridgehead atoms. The highest BCUT2D eigenvalue weighted by Crippen LogP contribution is 2.23. The smallest absolute Gasteiger partial charge is 0.273 e. The van der Waals surface area contributed by atoms with Crippen molar-refractivity contribution in [3.8, 4) is 0 Å². The maximum atomic E-state index is 13.2. The molecule has 0 aliphatic carbocycles. The number of hydrogen-bond donors (Lipinski definition) is 3. The Morgan fingerprint density at radius 2 is 1.71 bits per heavy atom. The van der Waals surface area contributed by atoms with Crippen LogP contribution in [0, 0.1) is 11.2 Å². The molecule has 0 aliphatic rings. The number of hydrogen-bond acceptors (Lipinski definition) is 5. The zero-order chi connectivity index (χ0) is 25.0. The van der Waals surface area contributed by atoms with E-state index in [1.807, 2.05) is 0 Å². The van der Waals surface area contributed by atoms with Crippen molar-refractivity contribution in [2.24, 2.45) is 11.1 Å². The topological polar surface area (TPSA) is 136 Å². The van der Waals surface area contributed by atoms with E-state index < -0.39 is 35.0 Å². The van der Waals surface area contributed by atoms with Gasteiger partial charge in [-0.25, -0.2) is 4.39 Å². The van der Waals surface area contributed by atoms with Gasteiger partial charge in [-0.15, -0.1) is 0 Å². The number of primary amides is 1. The Labute approximate surface area is 195 Å². The molecule has 0 fully saturated rings. The Hall–Kier alpha value is -4.08. The van der Waals surface area contributed by atoms with Crippen molar-refractivity contribution in [3.05, 3.63) is 65.6 Å². The number of carbonyl (C=O) groups excluding carboxylic acids is 4. The van der Waals surface area contributed by atoms with E-state index in [0.717, 1.165) is 0 Å². The summed E-state index contributed by atoms with van der Waals surface area (Å²) >= 11 is 0. The summed E-state index contributed by atoms with van der Waals surface area (Å²) in [6.45, 7) is 4.77. The summed E-state index contributed by atoms with van der Waals surface area (Å²) in [7, 11) is 0. The summed E-state index contributed by atoms with van der Waals surface area (Å²) in [5.41, 5.74) is 5.31. The van der Waals surface area contributed by atoms with Crippen LogP contribution in [-0.2, 0) is 16.1 Å². The van der Waals surface area contributed by atoms with Crippen molar-refractivity contribution < 1.29 is 23.6 Å². The molecule has 9 nitrogen and oxygen atoms in total. The third-order valence-electron chi connectivity index (χ3n) is 5.17. The van der Waals surface area contributed by atoms with Crippen molar-refractivity contribution in [1.82, 2.24) is 20.4 Å². The quantitative estimate of drug-likeness (QED) is 0.434. The van der Waals surface area contributed by atoms with Crippen LogP contribution in [0.5, 0.6) is 0 Å². The largest absolute Gasteiger partial charge is 0.368 e. The van der Waals surface area contributed by atoms with Gasteiger partial charge in [-0.1, -0.05) is 39.0 Å². The molecule has 0 saturated carbocycles. The van der Waals surface area contributed by atoms with Crippen molar-refractivity contribution in [3.63, 3.8) is 0 Å². The second-order valence-electron chi connectivity index (χ2n) is 8.91. The number of nitrogens with two attached hydrogens (primary N) is 1. The standard InChI is InChI=1S/C24H26FN5O4/c1-24(2,3)21(23(34)27-12-19(26)32)28-22(33)20-16-6-4-5-7-17(16)30(29-20)13-18(31)14-8-10-15(25)11-9-14/h4-11,21H,12-13H2,1-3H3,(H2,26,32)(H,27,34)(H,28,33). The maximum absolute atomic E-state index is 13.2. The molecule has 4 N–H and O–H groups in total. The maximum Gasteiger partial charge on any atom is 0.273 e. The zero-order valence-corrected chi connectivity index (χ0v) is 19.1. The first kappa shape index (κ1) is 24.6. The van der Waals surface area contributed by atoms with E-state index in [1.165, 1.54) is 28.9 Å². The number of fused-ring (bicyclic) bond motifs is 1. The predicted octanol–water partition coefficient (Wildman–Crippen LogP) is 1.80. The van der Waals surface area contributed by atoms with Gasteiger partial charge in [0.05, 0.1) is 12.1 Å². The SMILES string of the molecule is CC(C)(C)C(NC(=O)c1nn(CC(=O)c2ccc(F)cc2)c2ccccc12)C(=O)NCC(N)=O. The Kier molecular flexibility index (Phi) is 7.09. The lowest BCUT2D eigenvalue weighted by molar-refractivity contribution is -0.128. The average Bonchev–Trinajstić information content (AvgIpc) is 3.14. The van der Waals surface area contributed by atoms with E-state index in [-0.39, 0.29) is 24.6 Å². The third-order valence-corrected chi connectivity index (χ3v) is 5.17. The predicted molar refractivity (Wildman–Crippen MR) is 123 cm³/mol. The lowest BCUT2D eigenvalue weighted by atomic mass is 9.86. The minimum atomic E-state index is -0.982. The van der Waals surface area contributed by atoms with Crippen molar-refractivity contribution in [1.29, 1.82) is 0 Å². The highest BCUT2D eigenvalue weighted by Gasteiger charge is 2.34. The fourth-order valence-corrected chi connectivity index (χ4v) is 3.43. The summed E-state index contributed by atoms with van der Waals surface area (Å²) in [6, 6.07) is 11.1. The third kappa shape index (κ3) is 5.64. The van der Waals surface area contributed by atoms with Crippen LogP contribution >= 0.6 is 0 Å². The molecule has 0 aliphatic heterocycles. The monoisotopic (exact) mass is 467 g/mol. The van der Waals surface area contributed by atoms with Gasteiger partial charge in [0.1, 0.15) is 18.4 Å². The van der Waals surface area contributed by atoms with Crippen LogP contribution in [0.1, 0.15) is 41.6 Å². The van der Waals surface area contributed by atoms with Gasteiger partial charge >= 0.3 is 0 Å². The van der Waals surface area contributed by atoms with Crippen LogP contribution in [0.3, 0.4) is 0 Å². The molecular formula is C24H26FN5O4. The number of nitrogens with one attached hydrogen (secondary N) is 2. The fourth-order valence-electron chi connectivity index (χ4n) is 3.43. The summed E-state index contributed by atoms with van der Waals surface area (Å²) in [6.07, 6.45) is 0. The summed E-state index contributed by atoms with van der Waals surface area (Å²) < 4.78 is 14.6. The van der Waals surface area contributed by atoms with E-state index in [4.69, 9.17) is 5.73 Å². The summed E-state index contributed by atoms with van der Waals surface area (Å²) in [4.78, 5) is 49.5. The number of rotatable bonds is 8. The Bertz CT molecular complexity index is 1240. The number of Topliss-reactive ketones (excluding diaryl/α,β-unsaturated/α-hetero) is 1. The fraction of sp³-hybridized carbons (Fsp3) is 0.292. The zero-order valence-electron chi connectivity index (χ0n) is 19.1. The van der Waals surface area contributed by atoms with Crippen LogP contribution < -0.4 is 16.4 Å². The first-order valence-corrected chi connectivity index (χ1v) is 10.6. The highest BCUT2D eigenvalue weighted by atomic mass is 19.1. The van der Waals surface area contributed by atoms with Gasteiger partial charge in [0, 0.05) is 10.9 Å². The Morgan fingerprint density at radius 1 is 1.06 bits per heavy atom. The molecular weight excluding hydrogens is 441 g/mol. The lowest BCUT2D eigenvalue weighted by Crippen LogP contribution is -2.54. The van der Waals surface area contributed by atoms with Gasteiger partial charge in [0.2, 0.25) is 11.8 Å². The van der Waals surface area contributed by atoms with Gasteiger partial charge in [-0.05, 0) is 35.7 Å². The Morgan fingerprint density at radius 3 is 2.32 bits per heavy atom. The molecule has 0 spiro atoms. The van der Waals surface area contributed by atoms with Crippen molar-refractivity contribution in [2.75, 3.05) is 6.54 Å². The second-order valence-corrected chi connectivity index (χ2v) is 8.91. The van der Waals surface area contributed by atoms with Gasteiger partial charge < -0.3 is 16.4 Å². The van der Waals surface area contributed by atoms with Crippen LogP contribution in [0.25, 0.3) is 10.9 Å². The lowest BCUT2D eigenvalue weighted by Gasteiger charge is -2.30. The molecule has 1 heterocycles. The molecule has 34 heavy (non-hydrogen) atoms. The number of para-hydroxylation sites is 1. The Balaban J connectivity index is 1.89. The normalized spacial score (nSPS) is 12.2. The molecule has 3 aromatic rings. The van der Waals surface area contributed by atoms with Crippen LogP contribution in [0.15, 0.2) is 48.5 Å². The van der Waals surface area contributed by atoms with Gasteiger partial charge in [0.15, 0.2) is 11.5 Å². The molecule has 3 rings (SSSR count). The van der Waals surface area contributed by atoms with Gasteiger partial charge in [-0.2, -0.15) is 5.10 Å². The highest BCUT2D eigenvalue weighted by molar-refractivity contribution is 6.07. The molecule has 1 atom stereocenters. The number of nitrogens with zero attached hydrogens (tertiary/aromatic N) is 2. The number of amides is 3. The number of benzene rings is 2. The van der Waals surface area contributed by atoms with E-state index in [0.29, 0.717) is 16.5 Å². The molecule has 0 radical (unpaired) electrons.